The predicted molar refractivity (Wildman–Crippen MR) is 84.9 cm³/mol. The number of ether oxygens (including phenoxy) is 1. The molecule has 0 unspecified atom stereocenters. The summed E-state index contributed by atoms with van der Waals surface area (Å²) in [5.41, 5.74) is 7.11. The maximum Gasteiger partial charge on any atom is 0.265 e. The van der Waals surface area contributed by atoms with Gasteiger partial charge in [-0.05, 0) is 49.7 Å². The number of anilines is 1. The molecule has 0 saturated heterocycles. The molecule has 0 radical (unpaired) electrons. The molecule has 22 heavy (non-hydrogen) atoms. The largest absolute Gasteiger partial charge is 0.481 e. The van der Waals surface area contributed by atoms with E-state index in [1.807, 2.05) is 25.1 Å². The van der Waals surface area contributed by atoms with E-state index in [4.69, 9.17) is 10.5 Å². The maximum atomic E-state index is 12.1. The average Bonchev–Trinajstić information content (AvgIpc) is 2.47. The SMILES string of the molecule is Cc1cccc(O[C@H](C)C(=O)Nc2cccc(C(N)=O)c2)c1. The second-order valence-corrected chi connectivity index (χ2v) is 5.01. The van der Waals surface area contributed by atoms with E-state index in [-0.39, 0.29) is 5.91 Å². The third-order valence-corrected chi connectivity index (χ3v) is 3.09. The van der Waals surface area contributed by atoms with Crippen molar-refractivity contribution in [2.24, 2.45) is 5.73 Å². The van der Waals surface area contributed by atoms with Crippen molar-refractivity contribution >= 4 is 17.5 Å². The maximum absolute atomic E-state index is 12.1. The average molecular weight is 298 g/mol. The van der Waals surface area contributed by atoms with Gasteiger partial charge in [-0.15, -0.1) is 0 Å². The summed E-state index contributed by atoms with van der Waals surface area (Å²) in [4.78, 5) is 23.3. The van der Waals surface area contributed by atoms with Crippen LogP contribution in [0.4, 0.5) is 5.69 Å². The fourth-order valence-corrected chi connectivity index (χ4v) is 1.94. The Labute approximate surface area is 129 Å². The van der Waals surface area contributed by atoms with E-state index in [1.165, 1.54) is 6.07 Å². The number of benzene rings is 2. The number of hydrogen-bond acceptors (Lipinski definition) is 3. The monoisotopic (exact) mass is 298 g/mol. The zero-order valence-electron chi connectivity index (χ0n) is 12.5. The van der Waals surface area contributed by atoms with Crippen molar-refractivity contribution < 1.29 is 14.3 Å². The summed E-state index contributed by atoms with van der Waals surface area (Å²) in [5, 5.41) is 2.70. The zero-order chi connectivity index (χ0) is 16.1. The fourth-order valence-electron chi connectivity index (χ4n) is 1.94. The quantitative estimate of drug-likeness (QED) is 0.889. The summed E-state index contributed by atoms with van der Waals surface area (Å²) in [6.45, 7) is 3.61. The molecular formula is C17H18N2O3. The lowest BCUT2D eigenvalue weighted by Crippen LogP contribution is -2.30. The second kappa shape index (κ2) is 6.76. The number of carbonyl (C=O) groups is 2. The van der Waals surface area contributed by atoms with E-state index in [2.05, 4.69) is 5.32 Å². The third kappa shape index (κ3) is 4.09. The van der Waals surface area contributed by atoms with Gasteiger partial charge in [-0.2, -0.15) is 0 Å². The van der Waals surface area contributed by atoms with Gasteiger partial charge in [0.2, 0.25) is 5.91 Å². The summed E-state index contributed by atoms with van der Waals surface area (Å²) < 4.78 is 5.60. The Balaban J connectivity index is 2.02. The first kappa shape index (κ1) is 15.6. The van der Waals surface area contributed by atoms with Crippen LogP contribution in [0.3, 0.4) is 0 Å². The van der Waals surface area contributed by atoms with E-state index in [0.717, 1.165) is 5.56 Å². The summed E-state index contributed by atoms with van der Waals surface area (Å²) in [7, 11) is 0. The molecule has 0 fully saturated rings. The van der Waals surface area contributed by atoms with E-state index in [1.54, 1.807) is 31.2 Å². The predicted octanol–water partition coefficient (Wildman–Crippen LogP) is 2.50. The molecule has 5 heteroatoms. The summed E-state index contributed by atoms with van der Waals surface area (Å²) in [5.74, 6) is -0.211. The molecule has 2 amide bonds. The van der Waals surface area contributed by atoms with Crippen LogP contribution in [-0.4, -0.2) is 17.9 Å². The molecule has 0 bridgehead atoms. The highest BCUT2D eigenvalue weighted by Gasteiger charge is 2.15. The van der Waals surface area contributed by atoms with Crippen LogP contribution in [0.25, 0.3) is 0 Å². The van der Waals surface area contributed by atoms with Gasteiger partial charge in [0.1, 0.15) is 5.75 Å². The van der Waals surface area contributed by atoms with Crippen LogP contribution in [0.2, 0.25) is 0 Å². The molecule has 0 aliphatic rings. The number of nitrogens with one attached hydrogen (secondary N) is 1. The second-order valence-electron chi connectivity index (χ2n) is 5.01. The lowest BCUT2D eigenvalue weighted by Gasteiger charge is -2.15. The van der Waals surface area contributed by atoms with Crippen molar-refractivity contribution in [3.05, 3.63) is 59.7 Å². The molecule has 0 aliphatic carbocycles. The van der Waals surface area contributed by atoms with Gasteiger partial charge in [0.15, 0.2) is 6.10 Å². The fraction of sp³-hybridized carbons (Fsp3) is 0.176. The van der Waals surface area contributed by atoms with Gasteiger partial charge in [-0.25, -0.2) is 0 Å². The summed E-state index contributed by atoms with van der Waals surface area (Å²) >= 11 is 0. The Morgan fingerprint density at radius 3 is 2.55 bits per heavy atom. The Hall–Kier alpha value is -2.82. The van der Waals surface area contributed by atoms with Crippen LogP contribution in [0.1, 0.15) is 22.8 Å². The number of primary amides is 1. The molecule has 0 aliphatic heterocycles. The highest BCUT2D eigenvalue weighted by molar-refractivity contribution is 5.97. The standard InChI is InChI=1S/C17H18N2O3/c1-11-5-3-8-15(9-11)22-12(2)17(21)19-14-7-4-6-13(10-14)16(18)20/h3-10,12H,1-2H3,(H2,18,20)(H,19,21)/t12-/m1/s1. The molecular weight excluding hydrogens is 280 g/mol. The minimum Gasteiger partial charge on any atom is -0.481 e. The lowest BCUT2D eigenvalue weighted by atomic mass is 10.2. The molecule has 0 heterocycles. The first-order valence-corrected chi connectivity index (χ1v) is 6.90. The van der Waals surface area contributed by atoms with Gasteiger partial charge in [-0.3, -0.25) is 9.59 Å². The van der Waals surface area contributed by atoms with Gasteiger partial charge in [0.05, 0.1) is 0 Å². The van der Waals surface area contributed by atoms with Crippen molar-refractivity contribution in [1.29, 1.82) is 0 Å². The van der Waals surface area contributed by atoms with Gasteiger partial charge in [0.25, 0.3) is 5.91 Å². The van der Waals surface area contributed by atoms with Gasteiger partial charge < -0.3 is 15.8 Å². The number of rotatable bonds is 5. The third-order valence-electron chi connectivity index (χ3n) is 3.09. The number of carbonyl (C=O) groups excluding carboxylic acids is 2. The van der Waals surface area contributed by atoms with Crippen LogP contribution in [0.15, 0.2) is 48.5 Å². The molecule has 2 aromatic carbocycles. The molecule has 3 N–H and O–H groups in total. The highest BCUT2D eigenvalue weighted by Crippen LogP contribution is 2.16. The number of aryl methyl sites for hydroxylation is 1. The van der Waals surface area contributed by atoms with Gasteiger partial charge >= 0.3 is 0 Å². The van der Waals surface area contributed by atoms with Crippen molar-refractivity contribution in [1.82, 2.24) is 0 Å². The Morgan fingerprint density at radius 1 is 1.14 bits per heavy atom. The Morgan fingerprint density at radius 2 is 1.86 bits per heavy atom. The van der Waals surface area contributed by atoms with Crippen molar-refractivity contribution in [2.45, 2.75) is 20.0 Å². The van der Waals surface area contributed by atoms with E-state index < -0.39 is 12.0 Å². The molecule has 2 rings (SSSR count). The number of hydrogen-bond donors (Lipinski definition) is 2. The van der Waals surface area contributed by atoms with Crippen molar-refractivity contribution in [3.8, 4) is 5.75 Å². The minimum atomic E-state index is -0.668. The van der Waals surface area contributed by atoms with Crippen molar-refractivity contribution in [3.63, 3.8) is 0 Å². The van der Waals surface area contributed by atoms with Crippen LogP contribution >= 0.6 is 0 Å². The normalized spacial score (nSPS) is 11.5. The van der Waals surface area contributed by atoms with Gasteiger partial charge in [0, 0.05) is 11.3 Å². The molecule has 1 atom stereocenters. The van der Waals surface area contributed by atoms with E-state index >= 15 is 0 Å². The molecule has 0 saturated carbocycles. The molecule has 5 nitrogen and oxygen atoms in total. The van der Waals surface area contributed by atoms with Crippen LogP contribution in [0, 0.1) is 6.92 Å². The highest BCUT2D eigenvalue weighted by atomic mass is 16.5. The topological polar surface area (TPSA) is 81.4 Å². The first-order chi connectivity index (χ1) is 10.5. The lowest BCUT2D eigenvalue weighted by molar-refractivity contribution is -0.122. The smallest absolute Gasteiger partial charge is 0.265 e. The summed E-state index contributed by atoms with van der Waals surface area (Å²) in [6.07, 6.45) is -0.668. The van der Waals surface area contributed by atoms with Crippen LogP contribution < -0.4 is 15.8 Å². The van der Waals surface area contributed by atoms with Gasteiger partial charge in [-0.1, -0.05) is 18.2 Å². The minimum absolute atomic E-state index is 0.303. The molecule has 0 spiro atoms. The van der Waals surface area contributed by atoms with Crippen LogP contribution in [0.5, 0.6) is 5.75 Å². The Bertz CT molecular complexity index is 698. The molecule has 0 aromatic heterocycles. The molecule has 114 valence electrons. The summed E-state index contributed by atoms with van der Waals surface area (Å²) in [6, 6.07) is 13.9. The first-order valence-electron chi connectivity index (χ1n) is 6.90. The Kier molecular flexibility index (Phi) is 4.78. The molecule has 2 aromatic rings. The van der Waals surface area contributed by atoms with E-state index in [0.29, 0.717) is 17.0 Å². The number of amides is 2. The van der Waals surface area contributed by atoms with E-state index in [9.17, 15) is 9.59 Å². The van der Waals surface area contributed by atoms with Crippen molar-refractivity contribution in [2.75, 3.05) is 5.32 Å². The number of nitrogens with two attached hydrogens (primary N) is 1. The van der Waals surface area contributed by atoms with Crippen LogP contribution in [-0.2, 0) is 4.79 Å². The zero-order valence-corrected chi connectivity index (χ0v) is 12.5.